The number of amides is 5. The van der Waals surface area contributed by atoms with Crippen LogP contribution in [0.5, 0.6) is 5.75 Å². The number of rotatable bonds is 10. The van der Waals surface area contributed by atoms with Crippen LogP contribution in [0.2, 0.25) is 0 Å². The first-order valence-electron chi connectivity index (χ1n) is 14.3. The maximum absolute atomic E-state index is 13.4. The SMILES string of the molecule is CCOC(=O)N1CCN(C(=O)C(CCC(=O)O)NC(=O)c2cc(OCC(=O)N3CCN(C)C(=O)C3)c3ccccc3n2)CC1. The summed E-state index contributed by atoms with van der Waals surface area (Å²) in [5.41, 5.74) is 0.307. The lowest BCUT2D eigenvalue weighted by Gasteiger charge is -2.35. The smallest absolute Gasteiger partial charge is 0.409 e. The predicted molar refractivity (Wildman–Crippen MR) is 155 cm³/mol. The summed E-state index contributed by atoms with van der Waals surface area (Å²) in [5, 5.41) is 12.4. The van der Waals surface area contributed by atoms with Crippen molar-refractivity contribution in [2.75, 3.05) is 66.1 Å². The van der Waals surface area contributed by atoms with E-state index >= 15 is 0 Å². The summed E-state index contributed by atoms with van der Waals surface area (Å²) in [4.78, 5) is 85.3. The van der Waals surface area contributed by atoms with Crippen LogP contribution >= 0.6 is 0 Å². The van der Waals surface area contributed by atoms with E-state index in [0.29, 0.717) is 24.0 Å². The Balaban J connectivity index is 1.48. The lowest BCUT2D eigenvalue weighted by molar-refractivity contribution is -0.145. The number of para-hydroxylation sites is 1. The molecule has 2 fully saturated rings. The lowest BCUT2D eigenvalue weighted by atomic mass is 10.1. The van der Waals surface area contributed by atoms with Crippen LogP contribution in [0.4, 0.5) is 4.79 Å². The highest BCUT2D eigenvalue weighted by atomic mass is 16.6. The van der Waals surface area contributed by atoms with Gasteiger partial charge in [-0.1, -0.05) is 12.1 Å². The van der Waals surface area contributed by atoms with Gasteiger partial charge in [0.2, 0.25) is 11.8 Å². The van der Waals surface area contributed by atoms with Gasteiger partial charge in [-0.15, -0.1) is 0 Å². The zero-order chi connectivity index (χ0) is 31.8. The molecule has 236 valence electrons. The summed E-state index contributed by atoms with van der Waals surface area (Å²) in [7, 11) is 1.67. The van der Waals surface area contributed by atoms with E-state index in [1.807, 2.05) is 0 Å². The Morgan fingerprint density at radius 3 is 2.36 bits per heavy atom. The standard InChI is InChI=1S/C29H36N6O9/c1-3-43-29(42)34-14-12-33(13-15-34)28(41)21(8-9-26(38)39)31-27(40)22-16-23(19-6-4-5-7-20(19)30-22)44-18-25(37)35-11-10-32(2)24(36)17-35/h4-7,16,21H,3,8-15,17-18H2,1-2H3,(H,31,40)(H,38,39). The molecule has 3 heterocycles. The van der Waals surface area contributed by atoms with Gasteiger partial charge in [0, 0.05) is 64.2 Å². The van der Waals surface area contributed by atoms with Crippen molar-refractivity contribution in [1.29, 1.82) is 0 Å². The quantitative estimate of drug-likeness (QED) is 0.376. The van der Waals surface area contributed by atoms with Gasteiger partial charge in [-0.25, -0.2) is 9.78 Å². The average molecular weight is 613 g/mol. The molecule has 15 nitrogen and oxygen atoms in total. The number of nitrogens with one attached hydrogen (secondary N) is 1. The Labute approximate surface area is 253 Å². The van der Waals surface area contributed by atoms with Crippen molar-refractivity contribution in [3.8, 4) is 5.75 Å². The van der Waals surface area contributed by atoms with E-state index < -0.39 is 29.9 Å². The van der Waals surface area contributed by atoms with Crippen LogP contribution in [0, 0.1) is 0 Å². The molecular formula is C29H36N6O9. The number of carboxylic acid groups (broad SMARTS) is 1. The van der Waals surface area contributed by atoms with Crippen LogP contribution in [0.15, 0.2) is 30.3 Å². The zero-order valence-electron chi connectivity index (χ0n) is 24.7. The fraction of sp³-hybridized carbons (Fsp3) is 0.483. The average Bonchev–Trinajstić information content (AvgIpc) is 3.02. The Morgan fingerprint density at radius 1 is 1.00 bits per heavy atom. The molecule has 2 saturated heterocycles. The highest BCUT2D eigenvalue weighted by Gasteiger charge is 2.31. The number of likely N-dealkylation sites (N-methyl/N-ethyl adjacent to an activating group) is 1. The van der Waals surface area contributed by atoms with Gasteiger partial charge < -0.3 is 39.5 Å². The van der Waals surface area contributed by atoms with Crippen LogP contribution in [-0.2, 0) is 23.9 Å². The van der Waals surface area contributed by atoms with Gasteiger partial charge in [0.25, 0.3) is 11.8 Å². The molecule has 1 atom stereocenters. The first kappa shape index (κ1) is 32.0. The molecule has 0 bridgehead atoms. The number of carboxylic acids is 1. The van der Waals surface area contributed by atoms with Crippen LogP contribution < -0.4 is 10.1 Å². The number of benzene rings is 1. The van der Waals surface area contributed by atoms with Crippen LogP contribution in [0.1, 0.15) is 30.3 Å². The van der Waals surface area contributed by atoms with Crippen LogP contribution in [0.25, 0.3) is 10.9 Å². The number of aromatic nitrogens is 1. The second-order valence-corrected chi connectivity index (χ2v) is 10.4. The Morgan fingerprint density at radius 2 is 1.68 bits per heavy atom. The molecule has 4 rings (SSSR count). The molecule has 2 aromatic rings. The molecule has 2 aliphatic heterocycles. The second kappa shape index (κ2) is 14.5. The second-order valence-electron chi connectivity index (χ2n) is 10.4. The predicted octanol–water partition coefficient (Wildman–Crippen LogP) is 0.178. The molecule has 1 unspecified atom stereocenters. The largest absolute Gasteiger partial charge is 0.483 e. The van der Waals surface area contributed by atoms with E-state index in [4.69, 9.17) is 9.47 Å². The molecule has 1 aromatic heterocycles. The summed E-state index contributed by atoms with van der Waals surface area (Å²) in [6.45, 7) is 3.14. The number of hydrogen-bond acceptors (Lipinski definition) is 9. The van der Waals surface area contributed by atoms with Gasteiger partial charge in [-0.2, -0.15) is 0 Å². The topological polar surface area (TPSA) is 179 Å². The fourth-order valence-electron chi connectivity index (χ4n) is 4.88. The van der Waals surface area contributed by atoms with Gasteiger partial charge in [-0.3, -0.25) is 24.0 Å². The Bertz CT molecular complexity index is 1430. The number of carbonyl (C=O) groups excluding carboxylic acids is 5. The number of pyridine rings is 1. The van der Waals surface area contributed by atoms with E-state index in [2.05, 4.69) is 10.3 Å². The molecule has 0 aliphatic carbocycles. The minimum atomic E-state index is -1.17. The summed E-state index contributed by atoms with van der Waals surface area (Å²) in [6, 6.07) is 7.05. The van der Waals surface area contributed by atoms with E-state index in [9.17, 15) is 33.9 Å². The molecule has 0 saturated carbocycles. The van der Waals surface area contributed by atoms with Crippen molar-refractivity contribution in [2.24, 2.45) is 0 Å². The maximum atomic E-state index is 13.4. The van der Waals surface area contributed by atoms with E-state index in [1.165, 1.54) is 20.8 Å². The summed E-state index contributed by atoms with van der Waals surface area (Å²) >= 11 is 0. The number of hydrogen-bond donors (Lipinski definition) is 2. The third-order valence-corrected chi connectivity index (χ3v) is 7.44. The molecule has 0 spiro atoms. The molecule has 1 aromatic carbocycles. The first-order valence-corrected chi connectivity index (χ1v) is 14.3. The number of fused-ring (bicyclic) bond motifs is 1. The van der Waals surface area contributed by atoms with Crippen molar-refractivity contribution in [1.82, 2.24) is 29.9 Å². The Kier molecular flexibility index (Phi) is 10.5. The monoisotopic (exact) mass is 612 g/mol. The van der Waals surface area contributed by atoms with Crippen molar-refractivity contribution < 1.29 is 43.3 Å². The first-order chi connectivity index (χ1) is 21.1. The van der Waals surface area contributed by atoms with Crippen LogP contribution in [-0.4, -0.2) is 137 Å². The molecule has 0 radical (unpaired) electrons. The molecule has 2 aliphatic rings. The number of ether oxygens (including phenoxy) is 2. The number of piperazine rings is 2. The number of nitrogens with zero attached hydrogens (tertiary/aromatic N) is 5. The van der Waals surface area contributed by atoms with Crippen molar-refractivity contribution in [3.05, 3.63) is 36.0 Å². The third kappa shape index (κ3) is 7.90. The molecule has 44 heavy (non-hydrogen) atoms. The molecule has 2 N–H and O–H groups in total. The van der Waals surface area contributed by atoms with Gasteiger partial charge in [0.1, 0.15) is 17.5 Å². The summed E-state index contributed by atoms with van der Waals surface area (Å²) in [6.07, 6.45) is -1.00. The number of carbonyl (C=O) groups is 6. The van der Waals surface area contributed by atoms with Crippen LogP contribution in [0.3, 0.4) is 0 Å². The highest BCUT2D eigenvalue weighted by Crippen LogP contribution is 2.26. The maximum Gasteiger partial charge on any atom is 0.409 e. The third-order valence-electron chi connectivity index (χ3n) is 7.44. The number of aliphatic carboxylic acids is 1. The van der Waals surface area contributed by atoms with Gasteiger partial charge in [-0.05, 0) is 25.5 Å². The van der Waals surface area contributed by atoms with E-state index in [-0.39, 0.29) is 82.0 Å². The highest BCUT2D eigenvalue weighted by molar-refractivity contribution is 5.99. The van der Waals surface area contributed by atoms with Gasteiger partial charge in [0.15, 0.2) is 6.61 Å². The van der Waals surface area contributed by atoms with E-state index in [0.717, 1.165) is 0 Å². The van der Waals surface area contributed by atoms with Gasteiger partial charge >= 0.3 is 12.1 Å². The normalized spacial score (nSPS) is 16.0. The fourth-order valence-corrected chi connectivity index (χ4v) is 4.88. The van der Waals surface area contributed by atoms with E-state index in [1.54, 1.807) is 43.1 Å². The lowest BCUT2D eigenvalue weighted by Crippen LogP contribution is -2.56. The summed E-state index contributed by atoms with van der Waals surface area (Å²) in [5.74, 6) is -2.70. The minimum absolute atomic E-state index is 0.0485. The van der Waals surface area contributed by atoms with Crippen molar-refractivity contribution in [3.63, 3.8) is 0 Å². The zero-order valence-corrected chi connectivity index (χ0v) is 24.7. The molecule has 15 heteroatoms. The molecule has 5 amide bonds. The summed E-state index contributed by atoms with van der Waals surface area (Å²) < 4.78 is 10.8. The van der Waals surface area contributed by atoms with Crippen molar-refractivity contribution in [2.45, 2.75) is 25.8 Å². The van der Waals surface area contributed by atoms with Gasteiger partial charge in [0.05, 0.1) is 18.7 Å². The minimum Gasteiger partial charge on any atom is -0.483 e. The van der Waals surface area contributed by atoms with Crippen molar-refractivity contribution >= 4 is 46.6 Å². The Hall–Kier alpha value is -4.95. The molecular weight excluding hydrogens is 576 g/mol.